The Bertz CT molecular complexity index is 309. The smallest absolute Gasteiger partial charge is 0.239 e. The van der Waals surface area contributed by atoms with Crippen molar-refractivity contribution >= 4 is 23.4 Å². The average Bonchev–Trinajstić information content (AvgIpc) is 2.30. The summed E-state index contributed by atoms with van der Waals surface area (Å²) in [6.07, 6.45) is 2.85. The van der Waals surface area contributed by atoms with Crippen molar-refractivity contribution in [3.05, 3.63) is 30.3 Å². The first-order chi connectivity index (χ1) is 7.20. The zero-order valence-corrected chi connectivity index (χ0v) is 10.3. The Kier molecular flexibility index (Phi) is 4.69. The number of carbonyl (C=O) groups excluding carboxylic acids is 1. The molecule has 0 bridgehead atoms. The second kappa shape index (κ2) is 5.81. The highest BCUT2D eigenvalue weighted by molar-refractivity contribution is 7.99. The molecule has 0 aromatic heterocycles. The van der Waals surface area contributed by atoms with Crippen LogP contribution in [0.2, 0.25) is 0 Å². The normalized spacial score (nSPS) is 12.2. The lowest BCUT2D eigenvalue weighted by Gasteiger charge is -2.21. The molecule has 0 aliphatic heterocycles. The van der Waals surface area contributed by atoms with Crippen LogP contribution in [-0.4, -0.2) is 24.5 Å². The van der Waals surface area contributed by atoms with Crippen molar-refractivity contribution in [2.24, 2.45) is 0 Å². The summed E-state index contributed by atoms with van der Waals surface area (Å²) >= 11 is 1.61. The van der Waals surface area contributed by atoms with E-state index in [0.29, 0.717) is 0 Å². The van der Waals surface area contributed by atoms with Gasteiger partial charge in [0.2, 0.25) is 5.91 Å². The van der Waals surface area contributed by atoms with Crippen LogP contribution >= 0.6 is 11.8 Å². The highest BCUT2D eigenvalue weighted by Gasteiger charge is 2.19. The third-order valence-corrected chi connectivity index (χ3v) is 3.51. The zero-order chi connectivity index (χ0) is 11.3. The second-order valence-electron chi connectivity index (χ2n) is 3.37. The maximum absolute atomic E-state index is 12.0. The molecular weight excluding hydrogens is 206 g/mol. The SMILES string of the molecule is CC[C@H](SC)C(=O)N(C)c1ccccc1. The van der Waals surface area contributed by atoms with Crippen molar-refractivity contribution in [3.8, 4) is 0 Å². The lowest BCUT2D eigenvalue weighted by Crippen LogP contribution is -2.34. The number of hydrogen-bond acceptors (Lipinski definition) is 2. The molecule has 1 atom stereocenters. The molecule has 0 spiro atoms. The first kappa shape index (κ1) is 12.1. The van der Waals surface area contributed by atoms with Crippen molar-refractivity contribution in [1.29, 1.82) is 0 Å². The van der Waals surface area contributed by atoms with E-state index in [1.165, 1.54) is 0 Å². The van der Waals surface area contributed by atoms with Crippen molar-refractivity contribution in [3.63, 3.8) is 0 Å². The minimum atomic E-state index is 0.0650. The number of anilines is 1. The van der Waals surface area contributed by atoms with Crippen molar-refractivity contribution in [1.82, 2.24) is 0 Å². The highest BCUT2D eigenvalue weighted by atomic mass is 32.2. The fraction of sp³-hybridized carbons (Fsp3) is 0.417. The molecular formula is C12H17NOS. The van der Waals surface area contributed by atoms with Gasteiger partial charge in [0, 0.05) is 12.7 Å². The van der Waals surface area contributed by atoms with E-state index in [1.807, 2.05) is 50.6 Å². The van der Waals surface area contributed by atoms with Gasteiger partial charge in [-0.15, -0.1) is 0 Å². The minimum Gasteiger partial charge on any atom is -0.315 e. The Morgan fingerprint density at radius 1 is 1.40 bits per heavy atom. The first-order valence-corrected chi connectivity index (χ1v) is 6.35. The Labute approximate surface area is 95.7 Å². The van der Waals surface area contributed by atoms with Crippen LogP contribution in [-0.2, 0) is 4.79 Å². The molecule has 0 heterocycles. The molecule has 1 aromatic carbocycles. The summed E-state index contributed by atoms with van der Waals surface area (Å²) in [6.45, 7) is 2.04. The van der Waals surface area contributed by atoms with Crippen molar-refractivity contribution in [2.75, 3.05) is 18.2 Å². The predicted octanol–water partition coefficient (Wildman–Crippen LogP) is 2.79. The van der Waals surface area contributed by atoms with E-state index in [-0.39, 0.29) is 11.2 Å². The van der Waals surface area contributed by atoms with Crippen LogP contribution in [0.5, 0.6) is 0 Å². The van der Waals surface area contributed by atoms with Crippen LogP contribution in [0.4, 0.5) is 5.69 Å². The summed E-state index contributed by atoms with van der Waals surface area (Å²) in [5, 5.41) is 0.0650. The number of rotatable bonds is 4. The molecule has 1 aromatic rings. The van der Waals surface area contributed by atoms with Gasteiger partial charge >= 0.3 is 0 Å². The fourth-order valence-electron chi connectivity index (χ4n) is 1.44. The number of amides is 1. The highest BCUT2D eigenvalue weighted by Crippen LogP contribution is 2.18. The fourth-order valence-corrected chi connectivity index (χ4v) is 2.13. The van der Waals surface area contributed by atoms with Crippen LogP contribution in [0, 0.1) is 0 Å². The summed E-state index contributed by atoms with van der Waals surface area (Å²) in [5.74, 6) is 0.177. The van der Waals surface area contributed by atoms with Gasteiger partial charge in [-0.3, -0.25) is 4.79 Å². The van der Waals surface area contributed by atoms with Crippen LogP contribution < -0.4 is 4.90 Å². The Morgan fingerprint density at radius 2 is 2.00 bits per heavy atom. The van der Waals surface area contributed by atoms with Crippen LogP contribution in [0.15, 0.2) is 30.3 Å². The molecule has 3 heteroatoms. The monoisotopic (exact) mass is 223 g/mol. The summed E-state index contributed by atoms with van der Waals surface area (Å²) in [4.78, 5) is 13.7. The molecule has 0 unspecified atom stereocenters. The van der Waals surface area contributed by atoms with E-state index in [1.54, 1.807) is 16.7 Å². The predicted molar refractivity (Wildman–Crippen MR) is 67.4 cm³/mol. The van der Waals surface area contributed by atoms with Crippen LogP contribution in [0.1, 0.15) is 13.3 Å². The van der Waals surface area contributed by atoms with Gasteiger partial charge in [-0.1, -0.05) is 25.1 Å². The van der Waals surface area contributed by atoms with Gasteiger partial charge < -0.3 is 4.90 Å². The zero-order valence-electron chi connectivity index (χ0n) is 9.43. The average molecular weight is 223 g/mol. The molecule has 0 radical (unpaired) electrons. The van der Waals surface area contributed by atoms with E-state index < -0.39 is 0 Å². The summed E-state index contributed by atoms with van der Waals surface area (Å²) in [6, 6.07) is 9.74. The number of nitrogens with zero attached hydrogens (tertiary/aromatic N) is 1. The van der Waals surface area contributed by atoms with E-state index >= 15 is 0 Å². The molecule has 15 heavy (non-hydrogen) atoms. The van der Waals surface area contributed by atoms with Gasteiger partial charge in [-0.05, 0) is 24.8 Å². The second-order valence-corrected chi connectivity index (χ2v) is 4.41. The summed E-state index contributed by atoms with van der Waals surface area (Å²) in [5.41, 5.74) is 0.954. The molecule has 0 saturated carbocycles. The molecule has 2 nitrogen and oxygen atoms in total. The molecule has 0 fully saturated rings. The van der Waals surface area contributed by atoms with Crippen molar-refractivity contribution < 1.29 is 4.79 Å². The van der Waals surface area contributed by atoms with Gasteiger partial charge in [0.15, 0.2) is 0 Å². The Hall–Kier alpha value is -0.960. The molecule has 1 rings (SSSR count). The lowest BCUT2D eigenvalue weighted by molar-refractivity contribution is -0.117. The van der Waals surface area contributed by atoms with Gasteiger partial charge in [0.05, 0.1) is 5.25 Å². The number of para-hydroxylation sites is 1. The number of hydrogen-bond donors (Lipinski definition) is 0. The van der Waals surface area contributed by atoms with Gasteiger partial charge in [0.1, 0.15) is 0 Å². The lowest BCUT2D eigenvalue weighted by atomic mass is 10.2. The topological polar surface area (TPSA) is 20.3 Å². The number of benzene rings is 1. The van der Waals surface area contributed by atoms with E-state index in [2.05, 4.69) is 0 Å². The number of thioether (sulfide) groups is 1. The van der Waals surface area contributed by atoms with E-state index in [4.69, 9.17) is 0 Å². The minimum absolute atomic E-state index is 0.0650. The third kappa shape index (κ3) is 2.99. The summed E-state index contributed by atoms with van der Waals surface area (Å²) in [7, 11) is 1.83. The molecule has 82 valence electrons. The number of carbonyl (C=O) groups is 1. The molecule has 0 aliphatic carbocycles. The molecule has 0 aliphatic rings. The Morgan fingerprint density at radius 3 is 2.47 bits per heavy atom. The van der Waals surface area contributed by atoms with Gasteiger partial charge in [-0.25, -0.2) is 0 Å². The molecule has 1 amide bonds. The molecule has 0 N–H and O–H groups in total. The largest absolute Gasteiger partial charge is 0.315 e. The van der Waals surface area contributed by atoms with E-state index in [0.717, 1.165) is 12.1 Å². The first-order valence-electron chi connectivity index (χ1n) is 5.06. The van der Waals surface area contributed by atoms with Crippen molar-refractivity contribution in [2.45, 2.75) is 18.6 Å². The molecule has 0 saturated heterocycles. The quantitative estimate of drug-likeness (QED) is 0.782. The maximum atomic E-state index is 12.0. The van der Waals surface area contributed by atoms with Gasteiger partial charge in [-0.2, -0.15) is 11.8 Å². The van der Waals surface area contributed by atoms with Crippen LogP contribution in [0.25, 0.3) is 0 Å². The Balaban J connectivity index is 2.76. The summed E-state index contributed by atoms with van der Waals surface area (Å²) < 4.78 is 0. The van der Waals surface area contributed by atoms with Gasteiger partial charge in [0.25, 0.3) is 0 Å². The standard InChI is InChI=1S/C12H17NOS/c1-4-11(15-3)12(14)13(2)10-8-6-5-7-9-10/h5-9,11H,4H2,1-3H3/t11-/m0/s1. The van der Waals surface area contributed by atoms with Crippen LogP contribution in [0.3, 0.4) is 0 Å². The van der Waals surface area contributed by atoms with E-state index in [9.17, 15) is 4.79 Å². The third-order valence-electron chi connectivity index (χ3n) is 2.40. The maximum Gasteiger partial charge on any atom is 0.239 e.